The van der Waals surface area contributed by atoms with Crippen LogP contribution in [0.5, 0.6) is 23.0 Å². The Bertz CT molecular complexity index is 828. The van der Waals surface area contributed by atoms with E-state index in [1.54, 1.807) is 30.3 Å². The minimum Gasteiger partial charge on any atom is -0.497 e. The van der Waals surface area contributed by atoms with E-state index in [0.717, 1.165) is 0 Å². The second-order valence-corrected chi connectivity index (χ2v) is 5.85. The first-order valence-corrected chi connectivity index (χ1v) is 8.36. The lowest BCUT2D eigenvalue weighted by atomic mass is 10.1. The van der Waals surface area contributed by atoms with Crippen molar-refractivity contribution in [1.82, 2.24) is 4.90 Å². The smallest absolute Gasteiger partial charge is 0.323 e. The molecule has 0 bridgehead atoms. The van der Waals surface area contributed by atoms with E-state index in [1.165, 1.54) is 39.4 Å². The average Bonchev–Trinajstić information content (AvgIpc) is 2.71. The Morgan fingerprint density at radius 1 is 0.857 bits per heavy atom. The van der Waals surface area contributed by atoms with Gasteiger partial charge in [0.25, 0.3) is 5.91 Å². The quantitative estimate of drug-likeness (QED) is 0.704. The van der Waals surface area contributed by atoms with Crippen molar-refractivity contribution in [2.24, 2.45) is 0 Å². The van der Waals surface area contributed by atoms with Gasteiger partial charge in [0.1, 0.15) is 18.0 Å². The van der Waals surface area contributed by atoms with Gasteiger partial charge in [-0.3, -0.25) is 9.59 Å². The lowest BCUT2D eigenvalue weighted by Crippen LogP contribution is -2.35. The molecule has 0 aromatic heterocycles. The SMILES string of the molecule is COc1cc(CN(CC(=O)O)C(=O)c2ccc(OC)c(OC)c2)cc(OC)c1. The van der Waals surface area contributed by atoms with Gasteiger partial charge in [-0.05, 0) is 35.9 Å². The predicted molar refractivity (Wildman–Crippen MR) is 101 cm³/mol. The van der Waals surface area contributed by atoms with Gasteiger partial charge in [-0.2, -0.15) is 0 Å². The summed E-state index contributed by atoms with van der Waals surface area (Å²) in [4.78, 5) is 25.5. The fourth-order valence-electron chi connectivity index (χ4n) is 2.69. The van der Waals surface area contributed by atoms with Crippen molar-refractivity contribution in [2.45, 2.75) is 6.54 Å². The molecule has 0 fully saturated rings. The second kappa shape index (κ2) is 9.50. The zero-order chi connectivity index (χ0) is 20.7. The van der Waals surface area contributed by atoms with Crippen molar-refractivity contribution >= 4 is 11.9 Å². The molecule has 0 unspecified atom stereocenters. The molecule has 2 aromatic rings. The fraction of sp³-hybridized carbons (Fsp3) is 0.300. The number of carbonyl (C=O) groups is 2. The number of hydrogen-bond acceptors (Lipinski definition) is 6. The third kappa shape index (κ3) is 5.06. The van der Waals surface area contributed by atoms with Crippen LogP contribution in [0.3, 0.4) is 0 Å². The van der Waals surface area contributed by atoms with Crippen molar-refractivity contribution in [2.75, 3.05) is 35.0 Å². The number of methoxy groups -OCH3 is 4. The Balaban J connectivity index is 2.36. The van der Waals surface area contributed by atoms with Crippen LogP contribution < -0.4 is 18.9 Å². The van der Waals surface area contributed by atoms with Gasteiger partial charge in [0.2, 0.25) is 0 Å². The molecule has 8 heteroatoms. The van der Waals surface area contributed by atoms with E-state index in [0.29, 0.717) is 28.6 Å². The number of carbonyl (C=O) groups excluding carboxylic acids is 1. The molecule has 0 aliphatic heterocycles. The van der Waals surface area contributed by atoms with Gasteiger partial charge in [-0.25, -0.2) is 0 Å². The summed E-state index contributed by atoms with van der Waals surface area (Å²) in [6, 6.07) is 9.81. The van der Waals surface area contributed by atoms with Crippen molar-refractivity contribution in [1.29, 1.82) is 0 Å². The Morgan fingerprint density at radius 2 is 1.46 bits per heavy atom. The lowest BCUT2D eigenvalue weighted by Gasteiger charge is -2.22. The van der Waals surface area contributed by atoms with Crippen LogP contribution in [0.15, 0.2) is 36.4 Å². The Labute approximate surface area is 163 Å². The van der Waals surface area contributed by atoms with E-state index in [1.807, 2.05) is 0 Å². The molecule has 0 aliphatic carbocycles. The summed E-state index contributed by atoms with van der Waals surface area (Å²) in [6.07, 6.45) is 0. The van der Waals surface area contributed by atoms with Crippen LogP contribution in [0.2, 0.25) is 0 Å². The molecule has 150 valence electrons. The first-order valence-electron chi connectivity index (χ1n) is 8.36. The van der Waals surface area contributed by atoms with Crippen LogP contribution in [0, 0.1) is 0 Å². The molecule has 0 saturated heterocycles. The molecular formula is C20H23NO7. The molecule has 1 amide bonds. The van der Waals surface area contributed by atoms with E-state index in [2.05, 4.69) is 0 Å². The van der Waals surface area contributed by atoms with Crippen LogP contribution in [0.1, 0.15) is 15.9 Å². The molecule has 2 aromatic carbocycles. The highest BCUT2D eigenvalue weighted by Crippen LogP contribution is 2.29. The zero-order valence-corrected chi connectivity index (χ0v) is 16.2. The summed E-state index contributed by atoms with van der Waals surface area (Å²) in [7, 11) is 5.99. The molecule has 1 N–H and O–H groups in total. The highest BCUT2D eigenvalue weighted by Gasteiger charge is 2.21. The number of amides is 1. The van der Waals surface area contributed by atoms with Crippen LogP contribution >= 0.6 is 0 Å². The van der Waals surface area contributed by atoms with Crippen molar-refractivity contribution in [3.8, 4) is 23.0 Å². The summed E-state index contributed by atoms with van der Waals surface area (Å²) < 4.78 is 20.9. The molecule has 0 radical (unpaired) electrons. The van der Waals surface area contributed by atoms with Crippen LogP contribution in [-0.2, 0) is 11.3 Å². The van der Waals surface area contributed by atoms with Crippen molar-refractivity contribution in [3.05, 3.63) is 47.5 Å². The maximum absolute atomic E-state index is 13.0. The number of benzene rings is 2. The summed E-state index contributed by atoms with van der Waals surface area (Å²) >= 11 is 0. The normalized spacial score (nSPS) is 10.1. The van der Waals surface area contributed by atoms with Crippen LogP contribution in [0.4, 0.5) is 0 Å². The lowest BCUT2D eigenvalue weighted by molar-refractivity contribution is -0.137. The number of carboxylic acids is 1. The summed E-state index contributed by atoms with van der Waals surface area (Å²) in [5.74, 6) is 0.369. The topological polar surface area (TPSA) is 94.5 Å². The van der Waals surface area contributed by atoms with Gasteiger partial charge in [0.05, 0.1) is 28.4 Å². The number of rotatable bonds is 9. The third-order valence-electron chi connectivity index (χ3n) is 4.03. The molecule has 0 atom stereocenters. The molecule has 0 saturated carbocycles. The number of nitrogens with zero attached hydrogens (tertiary/aromatic N) is 1. The molecule has 8 nitrogen and oxygen atoms in total. The van der Waals surface area contributed by atoms with E-state index in [4.69, 9.17) is 18.9 Å². The molecule has 0 spiro atoms. The van der Waals surface area contributed by atoms with Crippen LogP contribution in [0.25, 0.3) is 0 Å². The number of ether oxygens (including phenoxy) is 4. The minimum absolute atomic E-state index is 0.0625. The second-order valence-electron chi connectivity index (χ2n) is 5.85. The van der Waals surface area contributed by atoms with Crippen LogP contribution in [-0.4, -0.2) is 56.9 Å². The van der Waals surface area contributed by atoms with Gasteiger partial charge < -0.3 is 29.0 Å². The molecular weight excluding hydrogens is 366 g/mol. The number of carboxylic acid groups (broad SMARTS) is 1. The van der Waals surface area contributed by atoms with Crippen molar-refractivity contribution < 1.29 is 33.6 Å². The highest BCUT2D eigenvalue weighted by atomic mass is 16.5. The number of hydrogen-bond donors (Lipinski definition) is 1. The van der Waals surface area contributed by atoms with Gasteiger partial charge in [0.15, 0.2) is 11.5 Å². The van der Waals surface area contributed by atoms with Gasteiger partial charge in [0, 0.05) is 18.2 Å². The third-order valence-corrected chi connectivity index (χ3v) is 4.03. The first kappa shape index (κ1) is 20.9. The Morgan fingerprint density at radius 3 is 1.96 bits per heavy atom. The minimum atomic E-state index is -1.12. The van der Waals surface area contributed by atoms with E-state index >= 15 is 0 Å². The Kier molecular flexibility index (Phi) is 7.08. The zero-order valence-electron chi connectivity index (χ0n) is 16.2. The Hall–Kier alpha value is -3.42. The molecule has 28 heavy (non-hydrogen) atoms. The molecule has 0 heterocycles. The largest absolute Gasteiger partial charge is 0.497 e. The van der Waals surface area contributed by atoms with Gasteiger partial charge in [-0.1, -0.05) is 0 Å². The monoisotopic (exact) mass is 389 g/mol. The first-order chi connectivity index (χ1) is 13.4. The summed E-state index contributed by atoms with van der Waals surface area (Å²) in [5, 5.41) is 9.25. The average molecular weight is 389 g/mol. The summed E-state index contributed by atoms with van der Waals surface area (Å²) in [6.45, 7) is -0.403. The maximum atomic E-state index is 13.0. The number of aliphatic carboxylic acids is 1. The van der Waals surface area contributed by atoms with E-state index in [-0.39, 0.29) is 12.1 Å². The van der Waals surface area contributed by atoms with Crippen molar-refractivity contribution in [3.63, 3.8) is 0 Å². The predicted octanol–water partition coefficient (Wildman–Crippen LogP) is 2.45. The highest BCUT2D eigenvalue weighted by molar-refractivity contribution is 5.96. The fourth-order valence-corrected chi connectivity index (χ4v) is 2.69. The van der Waals surface area contributed by atoms with E-state index in [9.17, 15) is 14.7 Å². The van der Waals surface area contributed by atoms with Gasteiger partial charge in [-0.15, -0.1) is 0 Å². The summed E-state index contributed by atoms with van der Waals surface area (Å²) in [5.41, 5.74) is 0.958. The standard InChI is InChI=1S/C20H23NO7/c1-25-15-7-13(8-16(10-15)26-2)11-21(12-19(22)23)20(24)14-5-6-17(27-3)18(9-14)28-4/h5-10H,11-12H2,1-4H3,(H,22,23). The molecule has 0 aliphatic rings. The maximum Gasteiger partial charge on any atom is 0.323 e. The van der Waals surface area contributed by atoms with E-state index < -0.39 is 18.4 Å². The van der Waals surface area contributed by atoms with Gasteiger partial charge >= 0.3 is 5.97 Å². The molecule has 2 rings (SSSR count).